The lowest BCUT2D eigenvalue weighted by molar-refractivity contribution is 0.296. The summed E-state index contributed by atoms with van der Waals surface area (Å²) in [6.07, 6.45) is 1.58. The summed E-state index contributed by atoms with van der Waals surface area (Å²) >= 11 is 3.24. The minimum atomic E-state index is -0.712. The molecule has 3 rings (SSSR count). The first kappa shape index (κ1) is 19.9. The maximum atomic E-state index is 13.8. The van der Waals surface area contributed by atoms with Gasteiger partial charge in [-0.05, 0) is 41.9 Å². The van der Waals surface area contributed by atoms with Crippen molar-refractivity contribution in [1.29, 1.82) is 0 Å². The first-order valence-electron chi connectivity index (χ1n) is 8.31. The number of aryl methyl sites for hydroxylation is 2. The molecule has 0 unspecified atom stereocenters. The summed E-state index contributed by atoms with van der Waals surface area (Å²) in [5.74, 6) is -0.267. The molecule has 3 aromatic rings. The highest BCUT2D eigenvalue weighted by atomic mass is 79.9. The molecule has 0 atom stereocenters. The van der Waals surface area contributed by atoms with E-state index in [0.29, 0.717) is 22.9 Å². The van der Waals surface area contributed by atoms with E-state index in [1.54, 1.807) is 26.1 Å². The molecule has 2 N–H and O–H groups in total. The van der Waals surface area contributed by atoms with Crippen LogP contribution in [0, 0.1) is 25.5 Å². The summed E-state index contributed by atoms with van der Waals surface area (Å²) in [4.78, 5) is 21.0. The van der Waals surface area contributed by atoms with Crippen LogP contribution < -0.4 is 16.0 Å². The third-order valence-electron chi connectivity index (χ3n) is 4.16. The van der Waals surface area contributed by atoms with Gasteiger partial charge in [0.15, 0.2) is 0 Å². The van der Waals surface area contributed by atoms with Gasteiger partial charge in [0.2, 0.25) is 0 Å². The Hall–Kier alpha value is -2.81. The van der Waals surface area contributed by atoms with Crippen LogP contribution in [0.15, 0.2) is 39.7 Å². The number of halogens is 3. The number of ether oxygens (including phenoxy) is 1. The molecule has 2 heterocycles. The van der Waals surface area contributed by atoms with Crippen molar-refractivity contribution in [2.45, 2.75) is 27.0 Å². The van der Waals surface area contributed by atoms with E-state index in [4.69, 9.17) is 10.5 Å². The maximum absolute atomic E-state index is 13.8. The number of rotatable bonds is 5. The number of nitrogens with zero attached hydrogens (tertiary/aromatic N) is 3. The number of hydrogen-bond acceptors (Lipinski definition) is 5. The average molecular weight is 451 g/mol. The first-order valence-corrected chi connectivity index (χ1v) is 9.10. The largest absolute Gasteiger partial charge is 0.487 e. The van der Waals surface area contributed by atoms with Crippen LogP contribution in [0.3, 0.4) is 0 Å². The molecule has 0 radical (unpaired) electrons. The molecule has 0 saturated heterocycles. The average Bonchev–Trinajstić information content (AvgIpc) is 2.63. The zero-order chi connectivity index (χ0) is 20.4. The van der Waals surface area contributed by atoms with E-state index in [1.165, 1.54) is 10.6 Å². The summed E-state index contributed by atoms with van der Waals surface area (Å²) in [6, 6.07) is 4.88. The Morgan fingerprint density at radius 2 is 1.96 bits per heavy atom. The number of hydrogen-bond donors (Lipinski definition) is 1. The van der Waals surface area contributed by atoms with Crippen LogP contribution in [-0.4, -0.2) is 14.5 Å². The highest BCUT2D eigenvalue weighted by Crippen LogP contribution is 2.24. The molecule has 0 aliphatic carbocycles. The number of anilines is 1. The number of aromatic nitrogens is 3. The molecular formula is C19H17BrF2N4O2. The van der Waals surface area contributed by atoms with E-state index in [1.807, 2.05) is 0 Å². The Balaban J connectivity index is 1.86. The second-order valence-electron chi connectivity index (χ2n) is 6.21. The molecule has 9 heteroatoms. The van der Waals surface area contributed by atoms with Gasteiger partial charge in [0.05, 0.1) is 6.54 Å². The number of nitrogens with two attached hydrogens (primary N) is 1. The second-order valence-corrected chi connectivity index (χ2v) is 7.00. The van der Waals surface area contributed by atoms with Crippen molar-refractivity contribution in [2.75, 3.05) is 5.73 Å². The minimum Gasteiger partial charge on any atom is -0.487 e. The lowest BCUT2D eigenvalue weighted by Gasteiger charge is -2.15. The molecule has 1 aromatic carbocycles. The van der Waals surface area contributed by atoms with E-state index in [0.717, 1.165) is 12.1 Å². The zero-order valence-corrected chi connectivity index (χ0v) is 16.8. The first-order chi connectivity index (χ1) is 13.3. The lowest BCUT2D eigenvalue weighted by Crippen LogP contribution is -2.25. The van der Waals surface area contributed by atoms with Crippen LogP contribution >= 0.6 is 15.9 Å². The van der Waals surface area contributed by atoms with E-state index in [9.17, 15) is 13.6 Å². The standard InChI is InChI=1S/C19H17BrF2N4O2/c1-10-5-16(28-9-12-3-4-14(21)6-15(12)22)17(20)19(27)26(10)8-13-7-24-11(2)25-18(13)23/h3-7H,8-9H2,1-2H3,(H2,23,24,25). The molecule has 6 nitrogen and oxygen atoms in total. The number of pyridine rings is 1. The Morgan fingerprint density at radius 1 is 1.21 bits per heavy atom. The fourth-order valence-electron chi connectivity index (χ4n) is 2.62. The maximum Gasteiger partial charge on any atom is 0.269 e. The molecule has 0 amide bonds. The Morgan fingerprint density at radius 3 is 2.64 bits per heavy atom. The number of nitrogen functional groups attached to an aromatic ring is 1. The number of benzene rings is 1. The van der Waals surface area contributed by atoms with Gasteiger partial charge in [-0.15, -0.1) is 0 Å². The van der Waals surface area contributed by atoms with Crippen molar-refractivity contribution in [2.24, 2.45) is 0 Å². The monoisotopic (exact) mass is 450 g/mol. The van der Waals surface area contributed by atoms with Gasteiger partial charge in [-0.25, -0.2) is 18.7 Å². The zero-order valence-electron chi connectivity index (χ0n) is 15.2. The molecule has 0 bridgehead atoms. The van der Waals surface area contributed by atoms with Crippen LogP contribution in [0.2, 0.25) is 0 Å². The van der Waals surface area contributed by atoms with Gasteiger partial charge in [0.1, 0.15) is 40.1 Å². The topological polar surface area (TPSA) is 83.0 Å². The van der Waals surface area contributed by atoms with Crippen LogP contribution in [0.25, 0.3) is 0 Å². The second kappa shape index (κ2) is 8.05. The van der Waals surface area contributed by atoms with Crippen molar-refractivity contribution < 1.29 is 13.5 Å². The summed E-state index contributed by atoms with van der Waals surface area (Å²) in [7, 11) is 0. The van der Waals surface area contributed by atoms with Gasteiger partial charge in [0, 0.05) is 35.2 Å². The molecule has 146 valence electrons. The summed E-state index contributed by atoms with van der Waals surface area (Å²) in [6.45, 7) is 3.52. The molecule has 0 fully saturated rings. The third-order valence-corrected chi connectivity index (χ3v) is 4.89. The smallest absolute Gasteiger partial charge is 0.269 e. The van der Waals surface area contributed by atoms with Crippen LogP contribution in [0.5, 0.6) is 5.75 Å². The van der Waals surface area contributed by atoms with Gasteiger partial charge in [0.25, 0.3) is 5.56 Å². The minimum absolute atomic E-state index is 0.146. The Bertz CT molecular complexity index is 1100. The lowest BCUT2D eigenvalue weighted by atomic mass is 10.2. The molecule has 0 saturated carbocycles. The summed E-state index contributed by atoms with van der Waals surface area (Å²) in [5, 5.41) is 0. The van der Waals surface area contributed by atoms with Crippen molar-refractivity contribution in [3.63, 3.8) is 0 Å². The fourth-order valence-corrected chi connectivity index (χ4v) is 3.06. The van der Waals surface area contributed by atoms with Gasteiger partial charge in [-0.3, -0.25) is 4.79 Å². The molecule has 28 heavy (non-hydrogen) atoms. The van der Waals surface area contributed by atoms with Crippen molar-refractivity contribution in [1.82, 2.24) is 14.5 Å². The predicted molar refractivity (Wildman–Crippen MR) is 104 cm³/mol. The van der Waals surface area contributed by atoms with Crippen molar-refractivity contribution in [3.05, 3.63) is 79.6 Å². The van der Waals surface area contributed by atoms with Gasteiger partial charge in [-0.2, -0.15) is 0 Å². The molecule has 2 aromatic heterocycles. The Kier molecular flexibility index (Phi) is 5.73. The van der Waals surface area contributed by atoms with E-state index in [-0.39, 0.29) is 34.5 Å². The highest BCUT2D eigenvalue weighted by Gasteiger charge is 2.15. The van der Waals surface area contributed by atoms with E-state index < -0.39 is 11.6 Å². The van der Waals surface area contributed by atoms with E-state index in [2.05, 4.69) is 25.9 Å². The van der Waals surface area contributed by atoms with E-state index >= 15 is 0 Å². The highest BCUT2D eigenvalue weighted by molar-refractivity contribution is 9.10. The fraction of sp³-hybridized carbons (Fsp3) is 0.211. The molecular weight excluding hydrogens is 434 g/mol. The van der Waals surface area contributed by atoms with Crippen molar-refractivity contribution >= 4 is 21.7 Å². The van der Waals surface area contributed by atoms with Crippen LogP contribution in [0.1, 0.15) is 22.6 Å². The van der Waals surface area contributed by atoms with Crippen LogP contribution in [-0.2, 0) is 13.2 Å². The predicted octanol–water partition coefficient (Wildman–Crippen LogP) is 3.51. The van der Waals surface area contributed by atoms with Crippen LogP contribution in [0.4, 0.5) is 14.6 Å². The Labute approximate surface area is 168 Å². The van der Waals surface area contributed by atoms with Crippen molar-refractivity contribution in [3.8, 4) is 5.75 Å². The quantitative estimate of drug-likeness (QED) is 0.642. The van der Waals surface area contributed by atoms with Gasteiger partial charge < -0.3 is 15.0 Å². The molecule has 0 spiro atoms. The summed E-state index contributed by atoms with van der Waals surface area (Å²) in [5.41, 5.74) is 6.98. The molecule has 0 aliphatic heterocycles. The normalized spacial score (nSPS) is 10.9. The van der Waals surface area contributed by atoms with Gasteiger partial charge in [-0.1, -0.05) is 0 Å². The molecule has 0 aliphatic rings. The third kappa shape index (κ3) is 4.19. The SMILES string of the molecule is Cc1ncc(Cn2c(C)cc(OCc3ccc(F)cc3F)c(Br)c2=O)c(N)n1. The van der Waals surface area contributed by atoms with Gasteiger partial charge >= 0.3 is 0 Å². The summed E-state index contributed by atoms with van der Waals surface area (Å²) < 4.78 is 34.0.